The van der Waals surface area contributed by atoms with E-state index in [9.17, 15) is 18.0 Å². The number of sulfonamides is 1. The van der Waals surface area contributed by atoms with E-state index in [-0.39, 0.29) is 19.6 Å². The third-order valence-electron chi connectivity index (χ3n) is 3.71. The van der Waals surface area contributed by atoms with E-state index in [1.807, 2.05) is 0 Å². The van der Waals surface area contributed by atoms with Crippen molar-refractivity contribution < 1.29 is 27.5 Å². The highest BCUT2D eigenvalue weighted by Crippen LogP contribution is 2.33. The van der Waals surface area contributed by atoms with Crippen LogP contribution in [0.4, 0.5) is 0 Å². The summed E-state index contributed by atoms with van der Waals surface area (Å²) in [6.45, 7) is 2.01. The van der Waals surface area contributed by atoms with Crippen LogP contribution >= 0.6 is 0 Å². The number of esters is 2. The first-order chi connectivity index (χ1) is 9.84. The standard InChI is InChI=1S/C13H23NO6S/c1-4-20-12(15)8-9-14(2)21(17,18)11-7-5-6-10(11)13(16)19-3/h10-11H,4-9H2,1-3H3. The van der Waals surface area contributed by atoms with Crippen molar-refractivity contribution in [1.29, 1.82) is 0 Å². The maximum atomic E-state index is 12.5. The number of hydrogen-bond donors (Lipinski definition) is 0. The molecule has 1 saturated carbocycles. The van der Waals surface area contributed by atoms with Crippen molar-refractivity contribution in [3.8, 4) is 0 Å². The van der Waals surface area contributed by atoms with Crippen LogP contribution in [0.15, 0.2) is 0 Å². The molecule has 21 heavy (non-hydrogen) atoms. The van der Waals surface area contributed by atoms with Crippen LogP contribution in [-0.2, 0) is 29.1 Å². The van der Waals surface area contributed by atoms with Crippen LogP contribution in [0.1, 0.15) is 32.6 Å². The average Bonchev–Trinajstić information content (AvgIpc) is 2.94. The van der Waals surface area contributed by atoms with Gasteiger partial charge in [-0.3, -0.25) is 9.59 Å². The summed E-state index contributed by atoms with van der Waals surface area (Å²) in [5.41, 5.74) is 0. The Labute approximate surface area is 125 Å². The number of rotatable bonds is 7. The van der Waals surface area contributed by atoms with Gasteiger partial charge in [0.25, 0.3) is 0 Å². The van der Waals surface area contributed by atoms with Crippen LogP contribution in [-0.4, -0.2) is 57.2 Å². The molecule has 1 fully saturated rings. The maximum Gasteiger partial charge on any atom is 0.310 e. The highest BCUT2D eigenvalue weighted by molar-refractivity contribution is 7.89. The monoisotopic (exact) mass is 321 g/mol. The molecule has 7 nitrogen and oxygen atoms in total. The molecule has 8 heteroatoms. The number of methoxy groups -OCH3 is 1. The Morgan fingerprint density at radius 1 is 1.29 bits per heavy atom. The Kier molecular flexibility index (Phi) is 6.60. The molecule has 0 heterocycles. The van der Waals surface area contributed by atoms with Gasteiger partial charge in [0.15, 0.2) is 0 Å². The summed E-state index contributed by atoms with van der Waals surface area (Å²) in [5.74, 6) is -1.54. The summed E-state index contributed by atoms with van der Waals surface area (Å²) in [6.07, 6.45) is 1.63. The fraction of sp³-hybridized carbons (Fsp3) is 0.846. The van der Waals surface area contributed by atoms with Crippen molar-refractivity contribution in [2.24, 2.45) is 5.92 Å². The first-order valence-electron chi connectivity index (χ1n) is 7.03. The van der Waals surface area contributed by atoms with Crippen molar-refractivity contribution in [3.05, 3.63) is 0 Å². The van der Waals surface area contributed by atoms with E-state index in [2.05, 4.69) is 4.74 Å². The number of carbonyl (C=O) groups excluding carboxylic acids is 2. The number of ether oxygens (including phenoxy) is 2. The maximum absolute atomic E-state index is 12.5. The summed E-state index contributed by atoms with van der Waals surface area (Å²) in [4.78, 5) is 23.0. The van der Waals surface area contributed by atoms with E-state index in [0.717, 1.165) is 4.31 Å². The fourth-order valence-electron chi connectivity index (χ4n) is 2.54. The zero-order chi connectivity index (χ0) is 16.0. The second kappa shape index (κ2) is 7.74. The fourth-order valence-corrected chi connectivity index (χ4v) is 4.48. The van der Waals surface area contributed by atoms with Gasteiger partial charge >= 0.3 is 11.9 Å². The summed E-state index contributed by atoms with van der Waals surface area (Å²) >= 11 is 0. The van der Waals surface area contributed by atoms with E-state index in [1.165, 1.54) is 14.2 Å². The number of hydrogen-bond acceptors (Lipinski definition) is 6. The first kappa shape index (κ1) is 17.9. The molecular weight excluding hydrogens is 298 g/mol. The molecule has 0 amide bonds. The van der Waals surface area contributed by atoms with E-state index in [0.29, 0.717) is 19.3 Å². The third-order valence-corrected chi connectivity index (χ3v) is 6.09. The molecule has 1 aliphatic rings. The van der Waals surface area contributed by atoms with Crippen molar-refractivity contribution in [2.75, 3.05) is 27.3 Å². The van der Waals surface area contributed by atoms with Gasteiger partial charge in [0.2, 0.25) is 10.0 Å². The second-order valence-corrected chi connectivity index (χ2v) is 7.28. The number of nitrogens with zero attached hydrogens (tertiary/aromatic N) is 1. The lowest BCUT2D eigenvalue weighted by Crippen LogP contribution is -2.41. The summed E-state index contributed by atoms with van der Waals surface area (Å²) in [5, 5.41) is -0.767. The topological polar surface area (TPSA) is 90.0 Å². The van der Waals surface area contributed by atoms with E-state index >= 15 is 0 Å². The van der Waals surface area contributed by atoms with Gasteiger partial charge in [-0.25, -0.2) is 12.7 Å². The van der Waals surface area contributed by atoms with Crippen molar-refractivity contribution in [3.63, 3.8) is 0 Å². The van der Waals surface area contributed by atoms with Crippen LogP contribution in [0.5, 0.6) is 0 Å². The molecule has 0 aromatic carbocycles. The molecule has 0 radical (unpaired) electrons. The molecule has 1 rings (SSSR count). The van der Waals surface area contributed by atoms with Crippen LogP contribution in [0.25, 0.3) is 0 Å². The minimum absolute atomic E-state index is 0.000813. The van der Waals surface area contributed by atoms with Gasteiger partial charge in [0.1, 0.15) is 0 Å². The molecule has 0 saturated heterocycles. The molecule has 0 aromatic rings. The van der Waals surface area contributed by atoms with Gasteiger partial charge in [-0.2, -0.15) is 0 Å². The van der Waals surface area contributed by atoms with Crippen LogP contribution < -0.4 is 0 Å². The van der Waals surface area contributed by atoms with Gasteiger partial charge in [0, 0.05) is 13.6 Å². The molecule has 2 atom stereocenters. The largest absolute Gasteiger partial charge is 0.469 e. The lowest BCUT2D eigenvalue weighted by atomic mass is 10.1. The second-order valence-electron chi connectivity index (χ2n) is 5.02. The van der Waals surface area contributed by atoms with Crippen LogP contribution in [0.3, 0.4) is 0 Å². The van der Waals surface area contributed by atoms with Crippen molar-refractivity contribution in [1.82, 2.24) is 4.31 Å². The molecule has 1 aliphatic carbocycles. The zero-order valence-electron chi connectivity index (χ0n) is 12.7. The lowest BCUT2D eigenvalue weighted by Gasteiger charge is -2.24. The highest BCUT2D eigenvalue weighted by atomic mass is 32.2. The van der Waals surface area contributed by atoms with Gasteiger partial charge in [0.05, 0.1) is 31.3 Å². The van der Waals surface area contributed by atoms with Crippen molar-refractivity contribution in [2.45, 2.75) is 37.9 Å². The Balaban J connectivity index is 2.70. The lowest BCUT2D eigenvalue weighted by molar-refractivity contribution is -0.145. The minimum Gasteiger partial charge on any atom is -0.469 e. The molecule has 0 aliphatic heterocycles. The Hall–Kier alpha value is -1.15. The molecule has 122 valence electrons. The minimum atomic E-state index is -3.63. The smallest absolute Gasteiger partial charge is 0.310 e. The van der Waals surface area contributed by atoms with Gasteiger partial charge in [-0.05, 0) is 19.8 Å². The van der Waals surface area contributed by atoms with E-state index < -0.39 is 33.1 Å². The SMILES string of the molecule is CCOC(=O)CCN(C)S(=O)(=O)C1CCCC1C(=O)OC. The quantitative estimate of drug-likeness (QED) is 0.636. The molecule has 2 unspecified atom stereocenters. The average molecular weight is 321 g/mol. The highest BCUT2D eigenvalue weighted by Gasteiger charge is 2.43. The van der Waals surface area contributed by atoms with Gasteiger partial charge in [-0.15, -0.1) is 0 Å². The van der Waals surface area contributed by atoms with Gasteiger partial charge < -0.3 is 9.47 Å². The summed E-state index contributed by atoms with van der Waals surface area (Å²) < 4.78 is 35.6. The normalized spacial score (nSPS) is 22.3. The number of carbonyl (C=O) groups is 2. The predicted molar refractivity (Wildman–Crippen MR) is 75.9 cm³/mol. The summed E-state index contributed by atoms with van der Waals surface area (Å²) in [6, 6.07) is 0. The van der Waals surface area contributed by atoms with Crippen molar-refractivity contribution >= 4 is 22.0 Å². The Morgan fingerprint density at radius 3 is 2.52 bits per heavy atom. The Morgan fingerprint density at radius 2 is 1.95 bits per heavy atom. The van der Waals surface area contributed by atoms with Crippen LogP contribution in [0.2, 0.25) is 0 Å². The molecule has 0 N–H and O–H groups in total. The molecular formula is C13H23NO6S. The molecule has 0 aromatic heterocycles. The zero-order valence-corrected chi connectivity index (χ0v) is 13.5. The molecule has 0 bridgehead atoms. The van der Waals surface area contributed by atoms with Gasteiger partial charge in [-0.1, -0.05) is 6.42 Å². The third kappa shape index (κ3) is 4.41. The summed E-state index contributed by atoms with van der Waals surface area (Å²) in [7, 11) is -0.952. The van der Waals surface area contributed by atoms with Crippen LogP contribution in [0, 0.1) is 5.92 Å². The predicted octanol–water partition coefficient (Wildman–Crippen LogP) is 0.543. The molecule has 0 spiro atoms. The first-order valence-corrected chi connectivity index (χ1v) is 8.53. The van der Waals surface area contributed by atoms with E-state index in [4.69, 9.17) is 4.74 Å². The van der Waals surface area contributed by atoms with E-state index in [1.54, 1.807) is 6.92 Å². The Bertz CT molecular complexity index is 475.